The van der Waals surface area contributed by atoms with Gasteiger partial charge in [-0.15, -0.1) is 5.98 Å². The average molecular weight is 107 g/mol. The van der Waals surface area contributed by atoms with Crippen molar-refractivity contribution in [3.05, 3.63) is 23.6 Å². The van der Waals surface area contributed by atoms with Crippen LogP contribution in [0.3, 0.4) is 0 Å². The summed E-state index contributed by atoms with van der Waals surface area (Å²) in [5, 5.41) is 8.27. The Balaban J connectivity index is 2.64. The number of carboxylic acid groups (broad SMARTS) is 1. The molecule has 1 heterocycles. The molecule has 3 heteroatoms. The predicted molar refractivity (Wildman–Crippen MR) is 30.6 cm³/mol. The van der Waals surface area contributed by atoms with Gasteiger partial charge in [-0.1, -0.05) is 12.2 Å². The van der Waals surface area contributed by atoms with Crippen LogP contribution in [0.15, 0.2) is 23.6 Å². The van der Waals surface area contributed by atoms with E-state index in [1.165, 1.54) is 0 Å². The second kappa shape index (κ2) is 1.86. The van der Waals surface area contributed by atoms with Gasteiger partial charge in [0.2, 0.25) is 0 Å². The summed E-state index contributed by atoms with van der Waals surface area (Å²) in [5.74, 6) is 0.832. The molecule has 0 fully saturated rings. The van der Waals surface area contributed by atoms with E-state index in [0.29, 0.717) is 5.47 Å². The third-order valence-corrected chi connectivity index (χ3v) is 0.910. The van der Waals surface area contributed by atoms with E-state index in [9.17, 15) is 4.79 Å². The number of carbonyl (C=O) groups is 1. The fourth-order valence-electron chi connectivity index (χ4n) is 0.517. The van der Waals surface area contributed by atoms with E-state index in [0.717, 1.165) is 0 Å². The van der Waals surface area contributed by atoms with E-state index in [1.807, 2.05) is 0 Å². The van der Waals surface area contributed by atoms with Crippen molar-refractivity contribution in [1.29, 1.82) is 0 Å². The highest BCUT2D eigenvalue weighted by atomic mass is 16.4. The SMILES string of the molecule is O=C(O)C1=CC=C[B]1. The Labute approximate surface area is 47.8 Å². The van der Waals surface area contributed by atoms with Crippen LogP contribution in [-0.2, 0) is 4.79 Å². The van der Waals surface area contributed by atoms with Crippen LogP contribution in [0.5, 0.6) is 0 Å². The van der Waals surface area contributed by atoms with Crippen molar-refractivity contribution in [2.75, 3.05) is 0 Å². The molecule has 2 nitrogen and oxygen atoms in total. The van der Waals surface area contributed by atoms with Gasteiger partial charge in [0.1, 0.15) is 0 Å². The van der Waals surface area contributed by atoms with E-state index in [4.69, 9.17) is 5.11 Å². The average Bonchev–Trinajstić information content (AvgIpc) is 2.12. The molecule has 0 aliphatic carbocycles. The summed E-state index contributed by atoms with van der Waals surface area (Å²) in [7, 11) is 1.56. The quantitative estimate of drug-likeness (QED) is 0.485. The predicted octanol–water partition coefficient (Wildman–Crippen LogP) is 0.186. The monoisotopic (exact) mass is 107 g/mol. The molecule has 1 radical (unpaired) electrons. The molecule has 39 valence electrons. The summed E-state index contributed by atoms with van der Waals surface area (Å²) in [6.07, 6.45) is 3.26. The minimum atomic E-state index is -0.866. The first-order chi connectivity index (χ1) is 3.80. The van der Waals surface area contributed by atoms with Gasteiger partial charge in [0.05, 0.1) is 0 Å². The number of hydrogen-bond donors (Lipinski definition) is 1. The van der Waals surface area contributed by atoms with Crippen molar-refractivity contribution in [2.45, 2.75) is 0 Å². The molecule has 0 aromatic heterocycles. The Hall–Kier alpha value is -0.985. The van der Waals surface area contributed by atoms with Gasteiger partial charge >= 0.3 is 5.97 Å². The van der Waals surface area contributed by atoms with Crippen LogP contribution in [0, 0.1) is 0 Å². The Morgan fingerprint density at radius 2 is 2.50 bits per heavy atom. The Morgan fingerprint density at radius 1 is 1.75 bits per heavy atom. The number of rotatable bonds is 1. The van der Waals surface area contributed by atoms with Crippen LogP contribution >= 0.6 is 0 Å². The van der Waals surface area contributed by atoms with E-state index < -0.39 is 5.97 Å². The lowest BCUT2D eigenvalue weighted by atomic mass is 9.73. The first-order valence-electron chi connectivity index (χ1n) is 2.26. The van der Waals surface area contributed by atoms with Gasteiger partial charge in [0, 0.05) is 5.47 Å². The molecule has 0 spiro atoms. The standard InChI is InChI=1S/C5H4BO2/c7-5(8)4-2-1-3-6-4/h1-3H,(H,7,8). The molecule has 0 aromatic carbocycles. The van der Waals surface area contributed by atoms with Gasteiger partial charge < -0.3 is 5.11 Å². The number of carboxylic acids is 1. The first-order valence-corrected chi connectivity index (χ1v) is 2.26. The van der Waals surface area contributed by atoms with Gasteiger partial charge in [-0.25, -0.2) is 4.79 Å². The van der Waals surface area contributed by atoms with Crippen molar-refractivity contribution in [3.8, 4) is 0 Å². The molecule has 0 saturated carbocycles. The summed E-state index contributed by atoms with van der Waals surface area (Å²) in [6.45, 7) is 0. The highest BCUT2D eigenvalue weighted by molar-refractivity contribution is 6.59. The van der Waals surface area contributed by atoms with E-state index in [2.05, 4.69) is 0 Å². The number of hydrogen-bond acceptors (Lipinski definition) is 1. The smallest absolute Gasteiger partial charge is 0.322 e. The molecule has 0 aromatic rings. The maximum absolute atomic E-state index is 10.1. The van der Waals surface area contributed by atoms with Crippen LogP contribution < -0.4 is 0 Å². The highest BCUT2D eigenvalue weighted by Gasteiger charge is 2.07. The third kappa shape index (κ3) is 0.806. The normalized spacial score (nSPS) is 15.2. The molecule has 0 unspecified atom stereocenters. The molecule has 0 saturated heterocycles. The minimum Gasteiger partial charge on any atom is -0.478 e. The van der Waals surface area contributed by atoms with Crippen LogP contribution in [0.25, 0.3) is 0 Å². The zero-order valence-corrected chi connectivity index (χ0v) is 4.16. The summed E-state index contributed by atoms with van der Waals surface area (Å²) in [6, 6.07) is 0. The van der Waals surface area contributed by atoms with Gasteiger partial charge in [-0.05, 0) is 0 Å². The van der Waals surface area contributed by atoms with Gasteiger partial charge in [0.25, 0.3) is 0 Å². The highest BCUT2D eigenvalue weighted by Crippen LogP contribution is 1.99. The summed E-state index contributed by atoms with van der Waals surface area (Å²) in [5.41, 5.74) is 0.352. The van der Waals surface area contributed by atoms with Crippen molar-refractivity contribution in [1.82, 2.24) is 0 Å². The molecule has 8 heavy (non-hydrogen) atoms. The lowest BCUT2D eigenvalue weighted by molar-refractivity contribution is -0.131. The van der Waals surface area contributed by atoms with Gasteiger partial charge in [-0.2, -0.15) is 0 Å². The lowest BCUT2D eigenvalue weighted by Gasteiger charge is -1.85. The molecule has 0 amide bonds. The van der Waals surface area contributed by atoms with Crippen LogP contribution in [0.1, 0.15) is 0 Å². The summed E-state index contributed by atoms with van der Waals surface area (Å²) in [4.78, 5) is 10.1. The fraction of sp³-hybridized carbons (Fsp3) is 0. The second-order valence-electron chi connectivity index (χ2n) is 1.48. The van der Waals surface area contributed by atoms with Crippen molar-refractivity contribution >= 4 is 13.2 Å². The molecule has 1 aliphatic heterocycles. The largest absolute Gasteiger partial charge is 0.478 e. The summed E-state index contributed by atoms with van der Waals surface area (Å²) >= 11 is 0. The maximum atomic E-state index is 10.1. The maximum Gasteiger partial charge on any atom is 0.322 e. The van der Waals surface area contributed by atoms with Crippen LogP contribution in [0.4, 0.5) is 0 Å². The second-order valence-corrected chi connectivity index (χ2v) is 1.48. The minimum absolute atomic E-state index is 0.352. The van der Waals surface area contributed by atoms with Crippen molar-refractivity contribution < 1.29 is 9.90 Å². The zero-order chi connectivity index (χ0) is 5.98. The van der Waals surface area contributed by atoms with Crippen molar-refractivity contribution in [2.24, 2.45) is 0 Å². The Bertz CT molecular complexity index is 169. The molecular weight excluding hydrogens is 103 g/mol. The summed E-state index contributed by atoms with van der Waals surface area (Å²) < 4.78 is 0. The third-order valence-electron chi connectivity index (χ3n) is 0.910. The zero-order valence-electron chi connectivity index (χ0n) is 4.16. The molecular formula is C5H4BO2. The van der Waals surface area contributed by atoms with E-state index >= 15 is 0 Å². The fourth-order valence-corrected chi connectivity index (χ4v) is 0.517. The lowest BCUT2D eigenvalue weighted by Crippen LogP contribution is -2.02. The topological polar surface area (TPSA) is 37.3 Å². The molecule has 0 bridgehead atoms. The Morgan fingerprint density at radius 3 is 2.75 bits per heavy atom. The van der Waals surface area contributed by atoms with Gasteiger partial charge in [0.15, 0.2) is 7.28 Å². The van der Waals surface area contributed by atoms with Crippen LogP contribution in [0.2, 0.25) is 0 Å². The molecule has 1 aliphatic rings. The van der Waals surface area contributed by atoms with Crippen LogP contribution in [-0.4, -0.2) is 18.4 Å². The van der Waals surface area contributed by atoms with E-state index in [1.54, 1.807) is 25.4 Å². The van der Waals surface area contributed by atoms with Crippen molar-refractivity contribution in [3.63, 3.8) is 0 Å². The van der Waals surface area contributed by atoms with Gasteiger partial charge in [-0.3, -0.25) is 0 Å². The number of aliphatic carboxylic acids is 1. The van der Waals surface area contributed by atoms with E-state index in [-0.39, 0.29) is 0 Å². The number of allylic oxidation sites excluding steroid dienone is 2. The molecule has 1 N–H and O–H groups in total. The molecule has 0 atom stereocenters. The molecule has 1 rings (SSSR count). The first kappa shape index (κ1) is 5.16. The Kier molecular flexibility index (Phi) is 1.20.